The fraction of sp³-hybridized carbons (Fsp3) is 0.923. The normalized spacial score (nSPS) is 32.4. The van der Waals surface area contributed by atoms with Crippen molar-refractivity contribution in [3.05, 3.63) is 0 Å². The molecule has 0 aliphatic carbocycles. The average Bonchev–Trinajstić information content (AvgIpc) is 2.84. The van der Waals surface area contributed by atoms with Crippen LogP contribution in [0.5, 0.6) is 0 Å². The van der Waals surface area contributed by atoms with Crippen molar-refractivity contribution in [2.45, 2.75) is 45.3 Å². The van der Waals surface area contributed by atoms with E-state index in [1.165, 1.54) is 8.61 Å². The third-order valence-electron chi connectivity index (χ3n) is 4.05. The lowest BCUT2D eigenvalue weighted by molar-refractivity contribution is -0.137. The van der Waals surface area contributed by atoms with Crippen LogP contribution in [0.2, 0.25) is 0 Å². The van der Waals surface area contributed by atoms with Gasteiger partial charge in [0.1, 0.15) is 0 Å². The first-order valence-corrected chi connectivity index (χ1v) is 8.81. The SMILES string of the molecule is CC1CN(S(=O)(=O)N2CCC(CCC(=O)O)C2)CC(C)O1. The number of ether oxygens (including phenoxy) is 1. The van der Waals surface area contributed by atoms with E-state index in [-0.39, 0.29) is 24.5 Å². The highest BCUT2D eigenvalue weighted by atomic mass is 32.2. The molecule has 7 nitrogen and oxygen atoms in total. The number of rotatable bonds is 5. The van der Waals surface area contributed by atoms with Crippen LogP contribution in [0, 0.1) is 5.92 Å². The van der Waals surface area contributed by atoms with Crippen molar-refractivity contribution >= 4 is 16.2 Å². The Morgan fingerprint density at radius 3 is 2.38 bits per heavy atom. The van der Waals surface area contributed by atoms with Crippen molar-refractivity contribution in [1.82, 2.24) is 8.61 Å². The number of hydrogen-bond donors (Lipinski definition) is 1. The molecule has 2 fully saturated rings. The molecule has 0 bridgehead atoms. The molecule has 0 aromatic carbocycles. The summed E-state index contributed by atoms with van der Waals surface area (Å²) in [5.41, 5.74) is 0. The number of carbonyl (C=O) groups is 1. The van der Waals surface area contributed by atoms with Gasteiger partial charge in [0.2, 0.25) is 0 Å². The molecule has 1 N–H and O–H groups in total. The minimum Gasteiger partial charge on any atom is -0.481 e. The monoisotopic (exact) mass is 320 g/mol. The number of carboxylic acids is 1. The maximum atomic E-state index is 12.6. The van der Waals surface area contributed by atoms with Crippen molar-refractivity contribution < 1.29 is 23.1 Å². The largest absolute Gasteiger partial charge is 0.481 e. The van der Waals surface area contributed by atoms with Crippen LogP contribution in [0.15, 0.2) is 0 Å². The van der Waals surface area contributed by atoms with Gasteiger partial charge in [-0.2, -0.15) is 17.0 Å². The molecule has 0 radical (unpaired) electrons. The fourth-order valence-corrected chi connectivity index (χ4v) is 4.91. The Bertz CT molecular complexity index is 471. The number of carboxylic acid groups (broad SMARTS) is 1. The van der Waals surface area contributed by atoms with Crippen LogP contribution in [0.1, 0.15) is 33.1 Å². The van der Waals surface area contributed by atoms with Crippen LogP contribution in [0.25, 0.3) is 0 Å². The van der Waals surface area contributed by atoms with Crippen molar-refractivity contribution in [3.8, 4) is 0 Å². The summed E-state index contributed by atoms with van der Waals surface area (Å²) >= 11 is 0. The van der Waals surface area contributed by atoms with Gasteiger partial charge < -0.3 is 9.84 Å². The molecule has 2 aliphatic rings. The molecule has 0 spiro atoms. The third-order valence-corrected chi connectivity index (χ3v) is 5.99. The number of nitrogens with zero attached hydrogens (tertiary/aromatic N) is 2. The predicted octanol–water partition coefficient (Wildman–Crippen LogP) is 0.527. The zero-order valence-electron chi connectivity index (χ0n) is 12.6. The van der Waals surface area contributed by atoms with E-state index in [1.807, 2.05) is 13.8 Å². The maximum Gasteiger partial charge on any atom is 0.303 e. The fourth-order valence-electron chi connectivity index (χ4n) is 3.05. The van der Waals surface area contributed by atoms with E-state index < -0.39 is 16.2 Å². The van der Waals surface area contributed by atoms with Gasteiger partial charge in [-0.25, -0.2) is 0 Å². The van der Waals surface area contributed by atoms with Gasteiger partial charge in [-0.15, -0.1) is 0 Å². The van der Waals surface area contributed by atoms with Crippen LogP contribution < -0.4 is 0 Å². The lowest BCUT2D eigenvalue weighted by Gasteiger charge is -2.36. The van der Waals surface area contributed by atoms with E-state index in [0.717, 1.165) is 6.42 Å². The van der Waals surface area contributed by atoms with E-state index in [1.54, 1.807) is 0 Å². The molecular formula is C13H24N2O5S. The average molecular weight is 320 g/mol. The maximum absolute atomic E-state index is 12.6. The minimum atomic E-state index is -3.46. The number of hydrogen-bond acceptors (Lipinski definition) is 4. The first-order valence-electron chi connectivity index (χ1n) is 7.41. The summed E-state index contributed by atoms with van der Waals surface area (Å²) in [7, 11) is -3.46. The molecule has 3 unspecified atom stereocenters. The molecule has 0 saturated carbocycles. The number of aliphatic carboxylic acids is 1. The van der Waals surface area contributed by atoms with Crippen LogP contribution in [-0.4, -0.2) is 66.5 Å². The second-order valence-electron chi connectivity index (χ2n) is 6.03. The Balaban J connectivity index is 1.96. The van der Waals surface area contributed by atoms with E-state index in [9.17, 15) is 13.2 Å². The van der Waals surface area contributed by atoms with Gasteiger partial charge in [0.25, 0.3) is 10.2 Å². The topological polar surface area (TPSA) is 87.2 Å². The summed E-state index contributed by atoms with van der Waals surface area (Å²) in [5.74, 6) is -0.682. The molecule has 2 saturated heterocycles. The third kappa shape index (κ3) is 4.15. The van der Waals surface area contributed by atoms with Gasteiger partial charge in [0.05, 0.1) is 12.2 Å². The van der Waals surface area contributed by atoms with Gasteiger partial charge in [0, 0.05) is 32.6 Å². The predicted molar refractivity (Wildman–Crippen MR) is 77.1 cm³/mol. The lowest BCUT2D eigenvalue weighted by atomic mass is 10.0. The second kappa shape index (κ2) is 6.60. The summed E-state index contributed by atoms with van der Waals surface area (Å²) in [5, 5.41) is 8.71. The quantitative estimate of drug-likeness (QED) is 0.798. The lowest BCUT2D eigenvalue weighted by Crippen LogP contribution is -2.52. The summed E-state index contributed by atoms with van der Waals surface area (Å²) in [4.78, 5) is 10.6. The number of morpholine rings is 1. The Hall–Kier alpha value is -0.700. The Labute approximate surface area is 126 Å². The van der Waals surface area contributed by atoms with Crippen LogP contribution >= 0.6 is 0 Å². The van der Waals surface area contributed by atoms with Gasteiger partial charge in [0.15, 0.2) is 0 Å². The second-order valence-corrected chi connectivity index (χ2v) is 7.96. The molecular weight excluding hydrogens is 296 g/mol. The molecule has 3 atom stereocenters. The molecule has 0 aromatic heterocycles. The summed E-state index contributed by atoms with van der Waals surface area (Å²) in [6.45, 7) is 5.41. The first-order chi connectivity index (χ1) is 9.79. The smallest absolute Gasteiger partial charge is 0.303 e. The summed E-state index contributed by atoms with van der Waals surface area (Å²) in [6.07, 6.45) is 1.17. The standard InChI is InChI=1S/C13H24N2O5S/c1-10-7-15(8-11(2)20-10)21(18,19)14-6-5-12(9-14)3-4-13(16)17/h10-12H,3-9H2,1-2H3,(H,16,17). The van der Waals surface area contributed by atoms with Crippen molar-refractivity contribution in [1.29, 1.82) is 0 Å². The minimum absolute atomic E-state index is 0.101. The first kappa shape index (κ1) is 16.7. The van der Waals surface area contributed by atoms with E-state index in [2.05, 4.69) is 0 Å². The van der Waals surface area contributed by atoms with Crippen molar-refractivity contribution in [3.63, 3.8) is 0 Å². The Morgan fingerprint density at radius 1 is 1.19 bits per heavy atom. The van der Waals surface area contributed by atoms with Crippen molar-refractivity contribution in [2.24, 2.45) is 5.92 Å². The molecule has 21 heavy (non-hydrogen) atoms. The van der Waals surface area contributed by atoms with Gasteiger partial charge in [-0.3, -0.25) is 4.79 Å². The molecule has 2 aliphatic heterocycles. The van der Waals surface area contributed by atoms with E-state index >= 15 is 0 Å². The highest BCUT2D eigenvalue weighted by Crippen LogP contribution is 2.26. The molecule has 0 aromatic rings. The van der Waals surface area contributed by atoms with Gasteiger partial charge >= 0.3 is 5.97 Å². The summed E-state index contributed by atoms with van der Waals surface area (Å²) in [6, 6.07) is 0. The van der Waals surface area contributed by atoms with Crippen molar-refractivity contribution in [2.75, 3.05) is 26.2 Å². The summed E-state index contributed by atoms with van der Waals surface area (Å²) < 4.78 is 33.8. The van der Waals surface area contributed by atoms with Gasteiger partial charge in [-0.1, -0.05) is 0 Å². The highest BCUT2D eigenvalue weighted by Gasteiger charge is 2.38. The van der Waals surface area contributed by atoms with Gasteiger partial charge in [-0.05, 0) is 32.6 Å². The Kier molecular flexibility index (Phi) is 5.24. The Morgan fingerprint density at radius 2 is 1.81 bits per heavy atom. The highest BCUT2D eigenvalue weighted by molar-refractivity contribution is 7.86. The molecule has 2 rings (SSSR count). The van der Waals surface area contributed by atoms with Crippen LogP contribution in [0.3, 0.4) is 0 Å². The molecule has 2 heterocycles. The zero-order chi connectivity index (χ0) is 15.6. The molecule has 0 amide bonds. The van der Waals surface area contributed by atoms with E-state index in [4.69, 9.17) is 9.84 Å². The van der Waals surface area contributed by atoms with E-state index in [0.29, 0.717) is 32.6 Å². The van der Waals surface area contributed by atoms with Crippen LogP contribution in [-0.2, 0) is 19.7 Å². The molecule has 8 heteroatoms. The zero-order valence-corrected chi connectivity index (χ0v) is 13.4. The van der Waals surface area contributed by atoms with Crippen LogP contribution in [0.4, 0.5) is 0 Å². The molecule has 122 valence electrons.